The Bertz CT molecular complexity index is 824. The lowest BCUT2D eigenvalue weighted by Crippen LogP contribution is -2.30. The molecule has 1 aromatic heterocycles. The highest BCUT2D eigenvalue weighted by Gasteiger charge is 2.34. The van der Waals surface area contributed by atoms with Gasteiger partial charge in [0.05, 0.1) is 0 Å². The van der Waals surface area contributed by atoms with E-state index in [0.29, 0.717) is 23.5 Å². The molecule has 3 N–H and O–H groups in total. The molecule has 10 heteroatoms. The van der Waals surface area contributed by atoms with Gasteiger partial charge in [0.2, 0.25) is 17.9 Å². The second-order valence-electron chi connectivity index (χ2n) is 5.48. The van der Waals surface area contributed by atoms with Crippen molar-refractivity contribution in [1.82, 2.24) is 15.2 Å². The van der Waals surface area contributed by atoms with Crippen molar-refractivity contribution in [3.8, 4) is 11.5 Å². The third kappa shape index (κ3) is 3.53. The smallest absolute Gasteiger partial charge is 0.319 e. The molecule has 132 valence electrons. The number of aromatic amines is 1. The van der Waals surface area contributed by atoms with Gasteiger partial charge in [0.1, 0.15) is 4.75 Å². The summed E-state index contributed by atoms with van der Waals surface area (Å²) in [6.07, 6.45) is 0.403. The number of aromatic nitrogens is 3. The maximum atomic E-state index is 12.3. The molecule has 1 aliphatic heterocycles. The quantitative estimate of drug-likeness (QED) is 0.665. The lowest BCUT2D eigenvalue weighted by Gasteiger charge is -2.19. The monoisotopic (exact) mass is 364 g/mol. The summed E-state index contributed by atoms with van der Waals surface area (Å²) in [4.78, 5) is 27.7. The summed E-state index contributed by atoms with van der Waals surface area (Å²) in [7, 11) is 0. The minimum absolute atomic E-state index is 0.128. The highest BCUT2D eigenvalue weighted by molar-refractivity contribution is 8.01. The fourth-order valence-electron chi connectivity index (χ4n) is 2.03. The second-order valence-corrected chi connectivity index (χ2v) is 6.95. The Morgan fingerprint density at radius 1 is 1.40 bits per heavy atom. The molecule has 2 heterocycles. The number of hydrogen-bond acceptors (Lipinski definition) is 7. The van der Waals surface area contributed by atoms with Crippen molar-refractivity contribution in [2.24, 2.45) is 0 Å². The fraction of sp³-hybridized carbons (Fsp3) is 0.333. The molecule has 0 spiro atoms. The van der Waals surface area contributed by atoms with Crippen LogP contribution < -0.4 is 14.8 Å². The second kappa shape index (κ2) is 6.63. The standard InChI is InChI=1S/C15H16N4O5S/c1-3-15(2,12(21)22)25-14-17-13(18-19-14)16-11(20)8-4-5-9-10(6-8)24-7-23-9/h4-6H,3,7H2,1-2H3,(H,21,22)(H2,16,17,18,19,20). The Morgan fingerprint density at radius 3 is 2.88 bits per heavy atom. The van der Waals surface area contributed by atoms with E-state index >= 15 is 0 Å². The molecule has 0 fully saturated rings. The summed E-state index contributed by atoms with van der Waals surface area (Å²) in [5, 5.41) is 18.6. The van der Waals surface area contributed by atoms with Crippen molar-refractivity contribution in [1.29, 1.82) is 0 Å². The van der Waals surface area contributed by atoms with Crippen LogP contribution in [-0.4, -0.2) is 43.7 Å². The topological polar surface area (TPSA) is 126 Å². The Balaban J connectivity index is 1.69. The van der Waals surface area contributed by atoms with Crippen LogP contribution in [0.15, 0.2) is 23.4 Å². The number of hydrogen-bond donors (Lipinski definition) is 3. The number of carboxylic acid groups (broad SMARTS) is 1. The van der Waals surface area contributed by atoms with Crippen molar-refractivity contribution < 1.29 is 24.2 Å². The van der Waals surface area contributed by atoms with E-state index in [1.807, 2.05) is 0 Å². The zero-order valence-electron chi connectivity index (χ0n) is 13.5. The van der Waals surface area contributed by atoms with E-state index in [9.17, 15) is 14.7 Å². The SMILES string of the molecule is CCC(C)(Sc1n[nH]c(NC(=O)c2ccc3c(c2)OCO3)n1)C(=O)O. The molecule has 0 saturated heterocycles. The Kier molecular flexibility index (Phi) is 4.53. The third-order valence-electron chi connectivity index (χ3n) is 3.78. The summed E-state index contributed by atoms with van der Waals surface area (Å²) in [6.45, 7) is 3.50. The van der Waals surface area contributed by atoms with Crippen molar-refractivity contribution in [3.63, 3.8) is 0 Å². The average molecular weight is 364 g/mol. The Labute approximate surface area is 147 Å². The summed E-state index contributed by atoms with van der Waals surface area (Å²) in [5.41, 5.74) is 0.374. The van der Waals surface area contributed by atoms with E-state index in [0.717, 1.165) is 11.8 Å². The van der Waals surface area contributed by atoms with Crippen LogP contribution in [0.4, 0.5) is 5.95 Å². The summed E-state index contributed by atoms with van der Waals surface area (Å²) in [5.74, 6) is -0.128. The molecule has 1 aliphatic rings. The van der Waals surface area contributed by atoms with Crippen LogP contribution in [0.5, 0.6) is 11.5 Å². The zero-order chi connectivity index (χ0) is 18.0. The van der Waals surface area contributed by atoms with Gasteiger partial charge < -0.3 is 14.6 Å². The van der Waals surface area contributed by atoms with E-state index in [1.165, 1.54) is 0 Å². The summed E-state index contributed by atoms with van der Waals surface area (Å²) in [6, 6.07) is 4.83. The van der Waals surface area contributed by atoms with Gasteiger partial charge in [-0.25, -0.2) is 5.10 Å². The van der Waals surface area contributed by atoms with Crippen LogP contribution in [0.2, 0.25) is 0 Å². The van der Waals surface area contributed by atoms with E-state index < -0.39 is 16.6 Å². The molecule has 0 bridgehead atoms. The van der Waals surface area contributed by atoms with E-state index in [-0.39, 0.29) is 17.9 Å². The van der Waals surface area contributed by atoms with Gasteiger partial charge in [0.25, 0.3) is 5.91 Å². The number of carboxylic acids is 1. The molecular formula is C15H16N4O5S. The number of benzene rings is 1. The van der Waals surface area contributed by atoms with E-state index in [1.54, 1.807) is 32.0 Å². The molecule has 1 aromatic carbocycles. The van der Waals surface area contributed by atoms with Crippen LogP contribution in [0.25, 0.3) is 0 Å². The number of ether oxygens (including phenoxy) is 2. The predicted octanol–water partition coefficient (Wildman–Crippen LogP) is 2.13. The molecule has 2 aromatic rings. The predicted molar refractivity (Wildman–Crippen MR) is 89.1 cm³/mol. The lowest BCUT2D eigenvalue weighted by atomic mass is 10.1. The number of aliphatic carboxylic acids is 1. The molecule has 9 nitrogen and oxygen atoms in total. The summed E-state index contributed by atoms with van der Waals surface area (Å²) < 4.78 is 9.39. The maximum Gasteiger partial charge on any atom is 0.319 e. The first-order chi connectivity index (χ1) is 11.9. The van der Waals surface area contributed by atoms with Crippen molar-refractivity contribution in [2.75, 3.05) is 12.1 Å². The van der Waals surface area contributed by atoms with Gasteiger partial charge in [-0.2, -0.15) is 4.98 Å². The fourth-order valence-corrected chi connectivity index (χ4v) is 2.90. The lowest BCUT2D eigenvalue weighted by molar-refractivity contribution is -0.139. The van der Waals surface area contributed by atoms with Gasteiger partial charge >= 0.3 is 5.97 Å². The van der Waals surface area contributed by atoms with Crippen molar-refractivity contribution in [3.05, 3.63) is 23.8 Å². The molecule has 0 aliphatic carbocycles. The minimum atomic E-state index is -1.04. The number of thioether (sulfide) groups is 1. The van der Waals surface area contributed by atoms with Crippen molar-refractivity contribution >= 4 is 29.6 Å². The van der Waals surface area contributed by atoms with Crippen LogP contribution in [0.1, 0.15) is 30.6 Å². The third-order valence-corrected chi connectivity index (χ3v) is 5.05. The minimum Gasteiger partial charge on any atom is -0.480 e. The Hall–Kier alpha value is -2.75. The van der Waals surface area contributed by atoms with E-state index in [4.69, 9.17) is 9.47 Å². The number of carbonyl (C=O) groups is 2. The normalized spacial score (nSPS) is 14.8. The number of anilines is 1. The van der Waals surface area contributed by atoms with Crippen molar-refractivity contribution in [2.45, 2.75) is 30.2 Å². The largest absolute Gasteiger partial charge is 0.480 e. The van der Waals surface area contributed by atoms with Gasteiger partial charge in [0, 0.05) is 5.56 Å². The molecule has 0 saturated carbocycles. The number of H-pyrrole nitrogens is 1. The van der Waals surface area contributed by atoms with Crippen LogP contribution in [-0.2, 0) is 4.79 Å². The average Bonchev–Trinajstić information content (AvgIpc) is 3.22. The Morgan fingerprint density at radius 2 is 2.16 bits per heavy atom. The highest BCUT2D eigenvalue weighted by atomic mass is 32.2. The van der Waals surface area contributed by atoms with Gasteiger partial charge in [-0.15, -0.1) is 5.10 Å². The molecule has 0 radical (unpaired) electrons. The molecule has 1 unspecified atom stereocenters. The van der Waals surface area contributed by atoms with Gasteiger partial charge in [-0.05, 0) is 31.5 Å². The number of carbonyl (C=O) groups excluding carboxylic acids is 1. The molecule has 25 heavy (non-hydrogen) atoms. The molecular weight excluding hydrogens is 348 g/mol. The number of fused-ring (bicyclic) bond motifs is 1. The first-order valence-corrected chi connectivity index (χ1v) is 8.29. The molecule has 1 amide bonds. The first-order valence-electron chi connectivity index (χ1n) is 7.47. The maximum absolute atomic E-state index is 12.3. The van der Waals surface area contributed by atoms with Crippen LogP contribution >= 0.6 is 11.8 Å². The highest BCUT2D eigenvalue weighted by Crippen LogP contribution is 2.34. The first kappa shape index (κ1) is 17.1. The van der Waals surface area contributed by atoms with E-state index in [2.05, 4.69) is 20.5 Å². The number of nitrogens with zero attached hydrogens (tertiary/aromatic N) is 2. The van der Waals surface area contributed by atoms with Gasteiger partial charge in [-0.3, -0.25) is 14.9 Å². The molecule has 3 rings (SSSR count). The van der Waals surface area contributed by atoms with Crippen LogP contribution in [0, 0.1) is 0 Å². The number of rotatable bonds is 6. The van der Waals surface area contributed by atoms with Crippen LogP contribution in [0.3, 0.4) is 0 Å². The number of amides is 1. The van der Waals surface area contributed by atoms with Gasteiger partial charge in [0.15, 0.2) is 11.5 Å². The van der Waals surface area contributed by atoms with Gasteiger partial charge in [-0.1, -0.05) is 18.7 Å². The molecule has 1 atom stereocenters. The zero-order valence-corrected chi connectivity index (χ0v) is 14.3. The number of nitrogens with one attached hydrogen (secondary N) is 2. The summed E-state index contributed by atoms with van der Waals surface area (Å²) >= 11 is 1.02.